The van der Waals surface area contributed by atoms with E-state index in [1.54, 1.807) is 0 Å². The summed E-state index contributed by atoms with van der Waals surface area (Å²) in [5, 5.41) is 14.1. The van der Waals surface area contributed by atoms with Gasteiger partial charge in [0.25, 0.3) is 0 Å². The van der Waals surface area contributed by atoms with Crippen LogP contribution < -0.4 is 0 Å². The summed E-state index contributed by atoms with van der Waals surface area (Å²) < 4.78 is 5.17. The van der Waals surface area contributed by atoms with E-state index >= 15 is 0 Å². The van der Waals surface area contributed by atoms with Crippen LogP contribution in [0.3, 0.4) is 0 Å². The Morgan fingerprint density at radius 3 is 2.69 bits per heavy atom. The fourth-order valence-corrected chi connectivity index (χ4v) is 2.30. The molecule has 0 aliphatic heterocycles. The third-order valence-electron chi connectivity index (χ3n) is 3.12. The van der Waals surface area contributed by atoms with E-state index in [0.717, 1.165) is 37.9 Å². The summed E-state index contributed by atoms with van der Waals surface area (Å²) in [6.45, 7) is 4.25. The Morgan fingerprint density at radius 2 is 2.06 bits per heavy atom. The van der Waals surface area contributed by atoms with Gasteiger partial charge in [0.2, 0.25) is 5.89 Å². The molecule has 0 spiro atoms. The number of aliphatic hydroxyl groups is 1. The van der Waals surface area contributed by atoms with Gasteiger partial charge in [-0.05, 0) is 18.8 Å². The minimum absolute atomic E-state index is 0.512. The molecule has 1 heterocycles. The minimum atomic E-state index is -0.596. The van der Waals surface area contributed by atoms with Gasteiger partial charge in [0.05, 0.1) is 12.0 Å². The van der Waals surface area contributed by atoms with E-state index < -0.39 is 5.60 Å². The Kier molecular flexibility index (Phi) is 3.28. The second-order valence-corrected chi connectivity index (χ2v) is 5.31. The molecule has 1 fully saturated rings. The van der Waals surface area contributed by atoms with E-state index in [4.69, 9.17) is 4.52 Å². The van der Waals surface area contributed by atoms with Crippen molar-refractivity contribution in [2.24, 2.45) is 5.92 Å². The average molecular weight is 224 g/mol. The Bertz CT molecular complexity index is 341. The number of aromatic nitrogens is 2. The first-order valence-electron chi connectivity index (χ1n) is 6.11. The van der Waals surface area contributed by atoms with E-state index in [0.29, 0.717) is 18.2 Å². The lowest BCUT2D eigenvalue weighted by Crippen LogP contribution is -2.27. The molecule has 4 nitrogen and oxygen atoms in total. The SMILES string of the molecule is CC(C)Cc1noc(CC2(O)CCCC2)n1. The Hall–Kier alpha value is -0.900. The third-order valence-corrected chi connectivity index (χ3v) is 3.12. The highest BCUT2D eigenvalue weighted by atomic mass is 16.5. The third kappa shape index (κ3) is 2.82. The number of hydrogen-bond donors (Lipinski definition) is 1. The van der Waals surface area contributed by atoms with Crippen molar-refractivity contribution >= 4 is 0 Å². The highest BCUT2D eigenvalue weighted by Crippen LogP contribution is 2.32. The maximum Gasteiger partial charge on any atom is 0.229 e. The summed E-state index contributed by atoms with van der Waals surface area (Å²) in [5.74, 6) is 1.87. The Balaban J connectivity index is 1.97. The second-order valence-electron chi connectivity index (χ2n) is 5.31. The summed E-state index contributed by atoms with van der Waals surface area (Å²) >= 11 is 0. The van der Waals surface area contributed by atoms with Crippen LogP contribution in [0.2, 0.25) is 0 Å². The molecule has 4 heteroatoms. The molecule has 16 heavy (non-hydrogen) atoms. The van der Waals surface area contributed by atoms with Crippen LogP contribution in [0.15, 0.2) is 4.52 Å². The Labute approximate surface area is 96.1 Å². The lowest BCUT2D eigenvalue weighted by Gasteiger charge is -2.18. The zero-order valence-electron chi connectivity index (χ0n) is 10.1. The zero-order chi connectivity index (χ0) is 11.6. The first-order chi connectivity index (χ1) is 7.57. The van der Waals surface area contributed by atoms with Crippen molar-refractivity contribution in [3.8, 4) is 0 Å². The van der Waals surface area contributed by atoms with E-state index in [1.807, 2.05) is 0 Å². The molecule has 1 saturated carbocycles. The van der Waals surface area contributed by atoms with Crippen molar-refractivity contribution in [1.29, 1.82) is 0 Å². The van der Waals surface area contributed by atoms with Gasteiger partial charge in [0.1, 0.15) is 0 Å². The molecule has 0 atom stereocenters. The van der Waals surface area contributed by atoms with Gasteiger partial charge in [-0.15, -0.1) is 0 Å². The molecule has 0 bridgehead atoms. The number of rotatable bonds is 4. The van der Waals surface area contributed by atoms with Crippen molar-refractivity contribution < 1.29 is 9.63 Å². The highest BCUT2D eigenvalue weighted by molar-refractivity contribution is 4.96. The molecule has 0 aromatic carbocycles. The van der Waals surface area contributed by atoms with Crippen molar-refractivity contribution in [1.82, 2.24) is 10.1 Å². The molecule has 1 aromatic rings. The van der Waals surface area contributed by atoms with E-state index in [9.17, 15) is 5.11 Å². The van der Waals surface area contributed by atoms with Crippen molar-refractivity contribution in [3.05, 3.63) is 11.7 Å². The quantitative estimate of drug-likeness (QED) is 0.851. The first kappa shape index (κ1) is 11.6. The fourth-order valence-electron chi connectivity index (χ4n) is 2.30. The molecule has 0 unspecified atom stereocenters. The van der Waals surface area contributed by atoms with Gasteiger partial charge in [-0.25, -0.2) is 0 Å². The van der Waals surface area contributed by atoms with Crippen LogP contribution >= 0.6 is 0 Å². The summed E-state index contributed by atoms with van der Waals surface area (Å²) in [5.41, 5.74) is -0.596. The average Bonchev–Trinajstić information content (AvgIpc) is 2.75. The smallest absolute Gasteiger partial charge is 0.229 e. The molecule has 90 valence electrons. The normalized spacial score (nSPS) is 19.5. The van der Waals surface area contributed by atoms with Crippen molar-refractivity contribution in [3.63, 3.8) is 0 Å². The summed E-state index contributed by atoms with van der Waals surface area (Å²) in [4.78, 5) is 4.32. The second kappa shape index (κ2) is 4.53. The van der Waals surface area contributed by atoms with Crippen LogP contribution in [0, 0.1) is 5.92 Å². The van der Waals surface area contributed by atoms with Crippen LogP contribution in [0.1, 0.15) is 51.2 Å². The largest absolute Gasteiger partial charge is 0.389 e. The van der Waals surface area contributed by atoms with Crippen LogP contribution in [0.4, 0.5) is 0 Å². The van der Waals surface area contributed by atoms with E-state index in [-0.39, 0.29) is 0 Å². The molecular formula is C12H20N2O2. The van der Waals surface area contributed by atoms with Crippen LogP contribution in [-0.2, 0) is 12.8 Å². The summed E-state index contributed by atoms with van der Waals surface area (Å²) in [6, 6.07) is 0. The predicted octanol–water partition coefficient (Wildman–Crippen LogP) is 2.12. The number of hydrogen-bond acceptors (Lipinski definition) is 4. The Morgan fingerprint density at radius 1 is 1.38 bits per heavy atom. The minimum Gasteiger partial charge on any atom is -0.389 e. The molecule has 2 rings (SSSR count). The van der Waals surface area contributed by atoms with Gasteiger partial charge in [-0.3, -0.25) is 0 Å². The highest BCUT2D eigenvalue weighted by Gasteiger charge is 2.33. The predicted molar refractivity (Wildman–Crippen MR) is 60.0 cm³/mol. The zero-order valence-corrected chi connectivity index (χ0v) is 10.1. The van der Waals surface area contributed by atoms with Gasteiger partial charge < -0.3 is 9.63 Å². The van der Waals surface area contributed by atoms with Crippen molar-refractivity contribution in [2.75, 3.05) is 0 Å². The molecule has 0 radical (unpaired) electrons. The first-order valence-corrected chi connectivity index (χ1v) is 6.11. The molecular weight excluding hydrogens is 204 g/mol. The molecule has 1 aliphatic rings. The summed E-state index contributed by atoms with van der Waals surface area (Å²) in [7, 11) is 0. The van der Waals surface area contributed by atoms with Crippen molar-refractivity contribution in [2.45, 2.75) is 58.0 Å². The van der Waals surface area contributed by atoms with Gasteiger partial charge in [0.15, 0.2) is 5.82 Å². The molecule has 1 aliphatic carbocycles. The standard InChI is InChI=1S/C12H20N2O2/c1-9(2)7-10-13-11(16-14-10)8-12(15)5-3-4-6-12/h9,15H,3-8H2,1-2H3. The number of nitrogens with zero attached hydrogens (tertiary/aromatic N) is 2. The van der Waals surface area contributed by atoms with E-state index in [2.05, 4.69) is 24.0 Å². The van der Waals surface area contributed by atoms with Crippen LogP contribution in [0.25, 0.3) is 0 Å². The van der Waals surface area contributed by atoms with E-state index in [1.165, 1.54) is 0 Å². The molecule has 0 amide bonds. The molecule has 1 aromatic heterocycles. The molecule has 0 saturated heterocycles. The monoisotopic (exact) mass is 224 g/mol. The lowest BCUT2D eigenvalue weighted by atomic mass is 9.98. The van der Waals surface area contributed by atoms with Gasteiger partial charge >= 0.3 is 0 Å². The lowest BCUT2D eigenvalue weighted by molar-refractivity contribution is 0.0402. The fraction of sp³-hybridized carbons (Fsp3) is 0.833. The van der Waals surface area contributed by atoms with Crippen LogP contribution in [-0.4, -0.2) is 20.8 Å². The maximum absolute atomic E-state index is 10.2. The maximum atomic E-state index is 10.2. The van der Waals surface area contributed by atoms with Gasteiger partial charge in [-0.2, -0.15) is 4.98 Å². The van der Waals surface area contributed by atoms with Gasteiger partial charge in [0, 0.05) is 6.42 Å². The molecule has 1 N–H and O–H groups in total. The topological polar surface area (TPSA) is 59.2 Å². The van der Waals surface area contributed by atoms with Gasteiger partial charge in [-0.1, -0.05) is 31.8 Å². The summed E-state index contributed by atoms with van der Waals surface area (Å²) in [6.07, 6.45) is 5.26. The van der Waals surface area contributed by atoms with Crippen LogP contribution in [0.5, 0.6) is 0 Å².